The number of alkyl halides is 1. The van der Waals surface area contributed by atoms with Crippen molar-refractivity contribution in [2.45, 2.75) is 13.3 Å². The Morgan fingerprint density at radius 3 is 2.18 bits per heavy atom. The molecular formula is C5H11Cl3NOP. The van der Waals surface area contributed by atoms with Crippen LogP contribution in [0, 0.1) is 0 Å². The fourth-order valence-corrected chi connectivity index (χ4v) is 2.69. The minimum absolute atomic E-state index is 0.392. The normalized spacial score (nSPS) is 12.5. The van der Waals surface area contributed by atoms with Gasteiger partial charge in [-0.25, -0.2) is 4.67 Å². The van der Waals surface area contributed by atoms with Crippen molar-refractivity contribution >= 4 is 40.1 Å². The first-order valence-corrected chi connectivity index (χ1v) is 7.33. The maximum atomic E-state index is 11.1. The maximum absolute atomic E-state index is 11.1. The molecule has 0 heterocycles. The number of nitrogens with zero attached hydrogens (tertiary/aromatic N) is 1. The number of rotatable bonds is 5. The Kier molecular flexibility index (Phi) is 6.21. The summed E-state index contributed by atoms with van der Waals surface area (Å²) in [7, 11) is 0. The minimum atomic E-state index is -3.12. The van der Waals surface area contributed by atoms with E-state index in [4.69, 9.17) is 34.1 Å². The van der Waals surface area contributed by atoms with E-state index in [1.165, 1.54) is 4.67 Å². The fourth-order valence-electron chi connectivity index (χ4n) is 0.700. The molecule has 0 aliphatic heterocycles. The van der Waals surface area contributed by atoms with E-state index in [2.05, 4.69) is 0 Å². The van der Waals surface area contributed by atoms with Crippen LogP contribution in [-0.4, -0.2) is 23.6 Å². The lowest BCUT2D eigenvalue weighted by molar-refractivity contribution is 0.447. The van der Waals surface area contributed by atoms with Gasteiger partial charge in [0, 0.05) is 19.0 Å². The molecule has 0 aliphatic rings. The summed E-state index contributed by atoms with van der Waals surface area (Å²) in [6.45, 7) is 3.06. The van der Waals surface area contributed by atoms with E-state index in [9.17, 15) is 4.57 Å². The van der Waals surface area contributed by atoms with E-state index in [0.29, 0.717) is 19.0 Å². The number of hydrogen-bond acceptors (Lipinski definition) is 1. The predicted molar refractivity (Wildman–Crippen MR) is 51.9 cm³/mol. The summed E-state index contributed by atoms with van der Waals surface area (Å²) in [4.78, 5) is 0. The van der Waals surface area contributed by atoms with E-state index in [-0.39, 0.29) is 0 Å². The first-order valence-electron chi connectivity index (χ1n) is 3.33. The molecule has 0 aliphatic carbocycles. The quantitative estimate of drug-likeness (QED) is 0.539. The van der Waals surface area contributed by atoms with Crippen LogP contribution >= 0.6 is 40.1 Å². The second-order valence-corrected chi connectivity index (χ2v) is 7.16. The van der Waals surface area contributed by atoms with Gasteiger partial charge in [-0.15, -0.1) is 11.6 Å². The Hall–Kier alpha value is 1.06. The van der Waals surface area contributed by atoms with Gasteiger partial charge in [-0.3, -0.25) is 4.57 Å². The van der Waals surface area contributed by atoms with E-state index in [1.807, 2.05) is 6.92 Å². The van der Waals surface area contributed by atoms with Crippen LogP contribution in [0.2, 0.25) is 0 Å². The summed E-state index contributed by atoms with van der Waals surface area (Å²) in [5.41, 5.74) is 0. The van der Waals surface area contributed by atoms with E-state index in [1.54, 1.807) is 0 Å². The summed E-state index contributed by atoms with van der Waals surface area (Å²) < 4.78 is 12.6. The maximum Gasteiger partial charge on any atom is 0.322 e. The highest BCUT2D eigenvalue weighted by atomic mass is 35.9. The molecule has 0 saturated carbocycles. The highest BCUT2D eigenvalue weighted by Gasteiger charge is 2.23. The van der Waals surface area contributed by atoms with E-state index >= 15 is 0 Å². The zero-order chi connectivity index (χ0) is 8.91. The van der Waals surface area contributed by atoms with Gasteiger partial charge < -0.3 is 0 Å². The molecule has 0 saturated heterocycles. The topological polar surface area (TPSA) is 20.3 Å². The van der Waals surface area contributed by atoms with Gasteiger partial charge in [-0.05, 0) is 28.9 Å². The van der Waals surface area contributed by atoms with Crippen LogP contribution in [0.15, 0.2) is 0 Å². The van der Waals surface area contributed by atoms with Gasteiger partial charge in [-0.1, -0.05) is 6.92 Å². The molecule has 11 heavy (non-hydrogen) atoms. The zero-order valence-electron chi connectivity index (χ0n) is 6.26. The Balaban J connectivity index is 3.99. The van der Waals surface area contributed by atoms with Crippen molar-refractivity contribution in [1.82, 2.24) is 4.67 Å². The average molecular weight is 238 g/mol. The third-order valence-electron chi connectivity index (χ3n) is 1.15. The van der Waals surface area contributed by atoms with Crippen molar-refractivity contribution in [2.75, 3.05) is 19.0 Å². The van der Waals surface area contributed by atoms with Crippen LogP contribution in [0.4, 0.5) is 0 Å². The van der Waals surface area contributed by atoms with Gasteiger partial charge in [0.25, 0.3) is 0 Å². The predicted octanol–water partition coefficient (Wildman–Crippen LogP) is 3.52. The molecule has 0 amide bonds. The lowest BCUT2D eigenvalue weighted by atomic mass is 10.5. The summed E-state index contributed by atoms with van der Waals surface area (Å²) >= 11 is 16.3. The average Bonchev–Trinajstić information content (AvgIpc) is 1.85. The molecule has 0 bridgehead atoms. The Morgan fingerprint density at radius 2 is 1.91 bits per heavy atom. The van der Waals surface area contributed by atoms with Gasteiger partial charge in [0.1, 0.15) is 0 Å². The minimum Gasteiger partial charge on any atom is -0.271 e. The van der Waals surface area contributed by atoms with Crippen LogP contribution in [0.5, 0.6) is 0 Å². The fraction of sp³-hybridized carbons (Fsp3) is 1.00. The molecule has 68 valence electrons. The molecule has 0 aromatic heterocycles. The van der Waals surface area contributed by atoms with Gasteiger partial charge in [0.2, 0.25) is 0 Å². The second kappa shape index (κ2) is 5.66. The molecule has 0 atom stereocenters. The highest BCUT2D eigenvalue weighted by molar-refractivity contribution is 8.06. The second-order valence-electron chi connectivity index (χ2n) is 2.08. The van der Waals surface area contributed by atoms with Crippen molar-refractivity contribution in [3.63, 3.8) is 0 Å². The summed E-state index contributed by atoms with van der Waals surface area (Å²) in [5, 5.41) is 0. The smallest absolute Gasteiger partial charge is 0.271 e. The van der Waals surface area contributed by atoms with Crippen LogP contribution in [-0.2, 0) is 4.57 Å². The van der Waals surface area contributed by atoms with Crippen molar-refractivity contribution in [1.29, 1.82) is 0 Å². The van der Waals surface area contributed by atoms with Gasteiger partial charge in [-0.2, -0.15) is 0 Å². The first kappa shape index (κ1) is 12.1. The van der Waals surface area contributed by atoms with Crippen LogP contribution in [0.1, 0.15) is 13.3 Å². The van der Waals surface area contributed by atoms with Gasteiger partial charge >= 0.3 is 6.00 Å². The van der Waals surface area contributed by atoms with Crippen LogP contribution < -0.4 is 0 Å². The molecule has 6 heteroatoms. The summed E-state index contributed by atoms with van der Waals surface area (Å²) in [6.07, 6.45) is 0.861. The molecule has 0 aromatic carbocycles. The van der Waals surface area contributed by atoms with Crippen LogP contribution in [0.3, 0.4) is 0 Å². The molecule has 0 rings (SSSR count). The van der Waals surface area contributed by atoms with Gasteiger partial charge in [0.15, 0.2) is 0 Å². The third-order valence-corrected chi connectivity index (χ3v) is 3.66. The SMILES string of the molecule is CCCN(CCCl)P(=O)(Cl)Cl. The van der Waals surface area contributed by atoms with E-state index < -0.39 is 6.00 Å². The van der Waals surface area contributed by atoms with Crippen LogP contribution in [0.25, 0.3) is 0 Å². The van der Waals surface area contributed by atoms with E-state index in [0.717, 1.165) is 6.42 Å². The number of hydrogen-bond donors (Lipinski definition) is 0. The molecular weight excluding hydrogens is 227 g/mol. The lowest BCUT2D eigenvalue weighted by Crippen LogP contribution is -2.19. The Labute approximate surface area is 81.8 Å². The largest absolute Gasteiger partial charge is 0.322 e. The Bertz CT molecular complexity index is 143. The van der Waals surface area contributed by atoms with Gasteiger partial charge in [0.05, 0.1) is 0 Å². The van der Waals surface area contributed by atoms with Crippen molar-refractivity contribution < 1.29 is 4.57 Å². The molecule has 0 spiro atoms. The standard InChI is InChI=1S/C5H11Cl3NOP/c1-2-4-9(5-3-6)11(7,8)10/h2-5H2,1H3. The van der Waals surface area contributed by atoms with Crippen molar-refractivity contribution in [2.24, 2.45) is 0 Å². The monoisotopic (exact) mass is 237 g/mol. The molecule has 0 N–H and O–H groups in total. The first-order chi connectivity index (χ1) is 5.02. The Morgan fingerprint density at radius 1 is 1.36 bits per heavy atom. The molecule has 0 fully saturated rings. The third kappa shape index (κ3) is 5.32. The summed E-state index contributed by atoms with van der Waals surface area (Å²) in [5.74, 6) is -2.72. The number of halogens is 3. The molecule has 0 radical (unpaired) electrons. The lowest BCUT2D eigenvalue weighted by Gasteiger charge is -2.20. The summed E-state index contributed by atoms with van der Waals surface area (Å²) in [6, 6.07) is 0. The molecule has 2 nitrogen and oxygen atoms in total. The molecule has 0 aromatic rings. The highest BCUT2D eigenvalue weighted by Crippen LogP contribution is 2.59. The van der Waals surface area contributed by atoms with Crippen molar-refractivity contribution in [3.05, 3.63) is 0 Å². The zero-order valence-corrected chi connectivity index (χ0v) is 9.43. The van der Waals surface area contributed by atoms with Crippen molar-refractivity contribution in [3.8, 4) is 0 Å². The molecule has 0 unspecified atom stereocenters.